The first-order chi connectivity index (χ1) is 9.97. The minimum atomic E-state index is -0.0119. The van der Waals surface area contributed by atoms with Crippen molar-refractivity contribution in [3.63, 3.8) is 0 Å². The van der Waals surface area contributed by atoms with Gasteiger partial charge in [-0.05, 0) is 25.1 Å². The number of benzene rings is 1. The highest BCUT2D eigenvalue weighted by Gasteiger charge is 2.25. The lowest BCUT2D eigenvalue weighted by atomic mass is 10.2. The van der Waals surface area contributed by atoms with Gasteiger partial charge in [0.15, 0.2) is 0 Å². The average Bonchev–Trinajstić information content (AvgIpc) is 2.43. The number of nitrogens with zero attached hydrogens (tertiary/aromatic N) is 1. The zero-order valence-electron chi connectivity index (χ0n) is 12.4. The van der Waals surface area contributed by atoms with Crippen LogP contribution in [0.4, 0.5) is 11.4 Å². The van der Waals surface area contributed by atoms with Gasteiger partial charge < -0.3 is 11.1 Å². The van der Waals surface area contributed by atoms with Gasteiger partial charge in [0, 0.05) is 41.6 Å². The van der Waals surface area contributed by atoms with Crippen molar-refractivity contribution in [1.29, 1.82) is 0 Å². The van der Waals surface area contributed by atoms with E-state index < -0.39 is 0 Å². The highest BCUT2D eigenvalue weighted by Crippen LogP contribution is 2.25. The van der Waals surface area contributed by atoms with E-state index in [0.29, 0.717) is 34.1 Å². The maximum atomic E-state index is 12.0. The van der Waals surface area contributed by atoms with Gasteiger partial charge >= 0.3 is 0 Å². The van der Waals surface area contributed by atoms with Gasteiger partial charge in [-0.1, -0.05) is 18.5 Å². The Kier molecular flexibility index (Phi) is 5.79. The summed E-state index contributed by atoms with van der Waals surface area (Å²) in [5, 5.41) is 4.04. The molecule has 0 bridgehead atoms. The largest absolute Gasteiger partial charge is 0.397 e. The van der Waals surface area contributed by atoms with Crippen molar-refractivity contribution < 1.29 is 4.79 Å². The SMILES string of the molecule is CC1SCCN(CCC(=O)Nc2ccc(Cl)cc2N)C1C. The maximum Gasteiger partial charge on any atom is 0.225 e. The van der Waals surface area contributed by atoms with Crippen molar-refractivity contribution in [3.05, 3.63) is 23.2 Å². The number of amides is 1. The summed E-state index contributed by atoms with van der Waals surface area (Å²) < 4.78 is 0. The Bertz CT molecular complexity index is 512. The van der Waals surface area contributed by atoms with E-state index in [2.05, 4.69) is 24.1 Å². The van der Waals surface area contributed by atoms with Crippen LogP contribution < -0.4 is 11.1 Å². The van der Waals surface area contributed by atoms with E-state index >= 15 is 0 Å². The number of carbonyl (C=O) groups is 1. The summed E-state index contributed by atoms with van der Waals surface area (Å²) in [6, 6.07) is 5.61. The van der Waals surface area contributed by atoms with Gasteiger partial charge in [0.05, 0.1) is 11.4 Å². The van der Waals surface area contributed by atoms with Gasteiger partial charge in [-0.2, -0.15) is 11.8 Å². The normalized spacial score (nSPS) is 23.0. The average molecular weight is 328 g/mol. The molecule has 1 aliphatic heterocycles. The van der Waals surface area contributed by atoms with Crippen molar-refractivity contribution in [1.82, 2.24) is 4.90 Å². The van der Waals surface area contributed by atoms with Crippen molar-refractivity contribution in [2.75, 3.05) is 29.9 Å². The van der Waals surface area contributed by atoms with Crippen LogP contribution in [0.5, 0.6) is 0 Å². The summed E-state index contributed by atoms with van der Waals surface area (Å²) in [7, 11) is 0. The molecular weight excluding hydrogens is 306 g/mol. The molecule has 1 amide bonds. The first kappa shape index (κ1) is 16.5. The number of carbonyl (C=O) groups excluding carboxylic acids is 1. The minimum absolute atomic E-state index is 0.0119. The molecule has 1 heterocycles. The Hall–Kier alpha value is -0.910. The molecular formula is C15H22ClN3OS. The van der Waals surface area contributed by atoms with E-state index in [1.54, 1.807) is 18.2 Å². The highest BCUT2D eigenvalue weighted by atomic mass is 35.5. The lowest BCUT2D eigenvalue weighted by molar-refractivity contribution is -0.116. The van der Waals surface area contributed by atoms with Crippen molar-refractivity contribution in [2.45, 2.75) is 31.6 Å². The molecule has 6 heteroatoms. The maximum absolute atomic E-state index is 12.0. The number of nitrogens with one attached hydrogen (secondary N) is 1. The fraction of sp³-hybridized carbons (Fsp3) is 0.533. The van der Waals surface area contributed by atoms with Gasteiger partial charge in [-0.25, -0.2) is 0 Å². The number of hydrogen-bond acceptors (Lipinski definition) is 4. The molecule has 2 unspecified atom stereocenters. The summed E-state index contributed by atoms with van der Waals surface area (Å²) in [5.41, 5.74) is 6.95. The topological polar surface area (TPSA) is 58.4 Å². The van der Waals surface area contributed by atoms with E-state index in [1.165, 1.54) is 0 Å². The van der Waals surface area contributed by atoms with Crippen LogP contribution >= 0.6 is 23.4 Å². The number of hydrogen-bond donors (Lipinski definition) is 2. The quantitative estimate of drug-likeness (QED) is 0.834. The molecule has 116 valence electrons. The molecule has 0 spiro atoms. The zero-order chi connectivity index (χ0) is 15.4. The molecule has 21 heavy (non-hydrogen) atoms. The van der Waals surface area contributed by atoms with Crippen LogP contribution in [0.1, 0.15) is 20.3 Å². The third kappa shape index (κ3) is 4.53. The molecule has 1 aromatic rings. The van der Waals surface area contributed by atoms with Crippen molar-refractivity contribution in [3.8, 4) is 0 Å². The molecule has 0 aromatic heterocycles. The van der Waals surface area contributed by atoms with E-state index in [-0.39, 0.29) is 5.91 Å². The van der Waals surface area contributed by atoms with Crippen LogP contribution in [0.25, 0.3) is 0 Å². The van der Waals surface area contributed by atoms with Crippen LogP contribution in [-0.2, 0) is 4.79 Å². The van der Waals surface area contributed by atoms with Gasteiger partial charge in [0.1, 0.15) is 0 Å². The van der Waals surface area contributed by atoms with E-state index in [0.717, 1.165) is 18.8 Å². The second-order valence-corrected chi connectivity index (χ2v) is 7.30. The number of anilines is 2. The Morgan fingerprint density at radius 3 is 3.00 bits per heavy atom. The lowest BCUT2D eigenvalue weighted by Gasteiger charge is -2.37. The summed E-state index contributed by atoms with van der Waals surface area (Å²) in [6.45, 7) is 6.31. The number of nitrogens with two attached hydrogens (primary N) is 1. The van der Waals surface area contributed by atoms with Crippen molar-refractivity contribution in [2.24, 2.45) is 0 Å². The van der Waals surface area contributed by atoms with Crippen molar-refractivity contribution >= 4 is 40.6 Å². The fourth-order valence-corrected chi connectivity index (χ4v) is 3.76. The fourth-order valence-electron chi connectivity index (χ4n) is 2.42. The summed E-state index contributed by atoms with van der Waals surface area (Å²) >= 11 is 7.84. The smallest absolute Gasteiger partial charge is 0.225 e. The summed E-state index contributed by atoms with van der Waals surface area (Å²) in [6.07, 6.45) is 0.476. The predicted molar refractivity (Wildman–Crippen MR) is 92.1 cm³/mol. The number of thioether (sulfide) groups is 1. The van der Waals surface area contributed by atoms with E-state index in [1.807, 2.05) is 11.8 Å². The minimum Gasteiger partial charge on any atom is -0.397 e. The van der Waals surface area contributed by atoms with Crippen LogP contribution in [0.2, 0.25) is 5.02 Å². The van der Waals surface area contributed by atoms with Crippen LogP contribution in [0, 0.1) is 0 Å². The highest BCUT2D eigenvalue weighted by molar-refractivity contribution is 8.00. The lowest BCUT2D eigenvalue weighted by Crippen LogP contribution is -2.45. The molecule has 1 aliphatic rings. The molecule has 0 aliphatic carbocycles. The molecule has 2 atom stereocenters. The second-order valence-electron chi connectivity index (χ2n) is 5.38. The molecule has 0 saturated carbocycles. The predicted octanol–water partition coefficient (Wildman–Crippen LogP) is 3.08. The van der Waals surface area contributed by atoms with Crippen LogP contribution in [0.15, 0.2) is 18.2 Å². The monoisotopic (exact) mass is 327 g/mol. The Morgan fingerprint density at radius 1 is 1.52 bits per heavy atom. The molecule has 1 aromatic carbocycles. The Balaban J connectivity index is 1.84. The first-order valence-corrected chi connectivity index (χ1v) is 8.60. The Labute approximate surface area is 135 Å². The van der Waals surface area contributed by atoms with E-state index in [4.69, 9.17) is 17.3 Å². The standard InChI is InChI=1S/C15H22ClN3OS/c1-10-11(2)21-8-7-19(10)6-5-15(20)18-14-4-3-12(16)9-13(14)17/h3-4,9-11H,5-8,17H2,1-2H3,(H,18,20). The molecule has 1 fully saturated rings. The first-order valence-electron chi connectivity index (χ1n) is 7.18. The molecule has 0 radical (unpaired) electrons. The van der Waals surface area contributed by atoms with E-state index in [9.17, 15) is 4.79 Å². The Morgan fingerprint density at radius 2 is 2.29 bits per heavy atom. The molecule has 1 saturated heterocycles. The van der Waals surface area contributed by atoms with Gasteiger partial charge in [0.2, 0.25) is 5.91 Å². The number of rotatable bonds is 4. The number of nitrogen functional groups attached to an aromatic ring is 1. The van der Waals surface area contributed by atoms with Gasteiger partial charge in [-0.15, -0.1) is 0 Å². The van der Waals surface area contributed by atoms with Gasteiger partial charge in [-0.3, -0.25) is 9.69 Å². The van der Waals surface area contributed by atoms with Crippen LogP contribution in [0.3, 0.4) is 0 Å². The second kappa shape index (κ2) is 7.38. The molecule has 4 nitrogen and oxygen atoms in total. The third-order valence-corrected chi connectivity index (χ3v) is 5.50. The third-order valence-electron chi connectivity index (χ3n) is 3.93. The zero-order valence-corrected chi connectivity index (χ0v) is 14.0. The summed E-state index contributed by atoms with van der Waals surface area (Å²) in [5.74, 6) is 1.12. The molecule has 2 rings (SSSR count). The number of halogens is 1. The van der Waals surface area contributed by atoms with Crippen LogP contribution in [-0.4, -0.2) is 40.9 Å². The summed E-state index contributed by atoms with van der Waals surface area (Å²) in [4.78, 5) is 14.4. The molecule has 3 N–H and O–H groups in total. The van der Waals surface area contributed by atoms with Gasteiger partial charge in [0.25, 0.3) is 0 Å².